The first kappa shape index (κ1) is 15.7. The predicted molar refractivity (Wildman–Crippen MR) is 81.4 cm³/mol. The maximum atomic E-state index is 11.9. The van der Waals surface area contributed by atoms with Crippen molar-refractivity contribution < 1.29 is 9.53 Å². The lowest BCUT2D eigenvalue weighted by Gasteiger charge is -2.21. The molecule has 6 nitrogen and oxygen atoms in total. The number of nitrogens with one attached hydrogen (secondary N) is 2. The molecular formula is C15H24N4O2. The highest BCUT2D eigenvalue weighted by molar-refractivity contribution is 5.92. The number of nitrogens with zero attached hydrogens (tertiary/aromatic N) is 2. The van der Waals surface area contributed by atoms with Crippen molar-refractivity contribution in [2.24, 2.45) is 0 Å². The van der Waals surface area contributed by atoms with Crippen LogP contribution in [-0.4, -0.2) is 41.9 Å². The Kier molecular flexibility index (Phi) is 6.40. The van der Waals surface area contributed by atoms with Crippen molar-refractivity contribution in [3.05, 3.63) is 17.8 Å². The first-order valence-electron chi connectivity index (χ1n) is 7.77. The number of hydrogen-bond acceptors (Lipinski definition) is 5. The maximum absolute atomic E-state index is 11.9. The van der Waals surface area contributed by atoms with Gasteiger partial charge < -0.3 is 15.4 Å². The lowest BCUT2D eigenvalue weighted by atomic mass is 9.98. The molecule has 2 rings (SSSR count). The fourth-order valence-corrected chi connectivity index (χ4v) is 2.44. The van der Waals surface area contributed by atoms with Gasteiger partial charge in [-0.05, 0) is 31.9 Å². The van der Waals surface area contributed by atoms with Crippen molar-refractivity contribution in [2.75, 3.05) is 25.0 Å². The molecule has 116 valence electrons. The molecule has 0 spiro atoms. The van der Waals surface area contributed by atoms with E-state index in [9.17, 15) is 4.79 Å². The molecule has 1 aromatic rings. The highest BCUT2D eigenvalue weighted by Crippen LogP contribution is 2.19. The SMILES string of the molecule is CCNc1ccc(C(=O)NCCOC2CCCCC2)nn1. The molecule has 1 aliphatic rings. The number of anilines is 1. The van der Waals surface area contributed by atoms with Crippen LogP contribution in [0.2, 0.25) is 0 Å². The van der Waals surface area contributed by atoms with E-state index in [0.29, 0.717) is 30.8 Å². The molecule has 0 unspecified atom stereocenters. The summed E-state index contributed by atoms with van der Waals surface area (Å²) >= 11 is 0. The van der Waals surface area contributed by atoms with Crippen molar-refractivity contribution in [2.45, 2.75) is 45.1 Å². The van der Waals surface area contributed by atoms with E-state index in [1.165, 1.54) is 19.3 Å². The van der Waals surface area contributed by atoms with Crippen LogP contribution in [0.5, 0.6) is 0 Å². The summed E-state index contributed by atoms with van der Waals surface area (Å²) in [5, 5.41) is 13.7. The monoisotopic (exact) mass is 292 g/mol. The zero-order chi connectivity index (χ0) is 14.9. The van der Waals surface area contributed by atoms with Crippen molar-refractivity contribution in [1.82, 2.24) is 15.5 Å². The van der Waals surface area contributed by atoms with Gasteiger partial charge in [0.1, 0.15) is 5.82 Å². The third-order valence-corrected chi connectivity index (χ3v) is 3.55. The minimum absolute atomic E-state index is 0.210. The quantitative estimate of drug-likeness (QED) is 0.752. The molecule has 21 heavy (non-hydrogen) atoms. The fraction of sp³-hybridized carbons (Fsp3) is 0.667. The third kappa shape index (κ3) is 5.30. The normalized spacial score (nSPS) is 15.7. The van der Waals surface area contributed by atoms with Gasteiger partial charge in [-0.1, -0.05) is 19.3 Å². The summed E-state index contributed by atoms with van der Waals surface area (Å²) in [7, 11) is 0. The van der Waals surface area contributed by atoms with Crippen LogP contribution in [-0.2, 0) is 4.74 Å². The van der Waals surface area contributed by atoms with E-state index in [2.05, 4.69) is 20.8 Å². The van der Waals surface area contributed by atoms with Gasteiger partial charge in [-0.2, -0.15) is 0 Å². The van der Waals surface area contributed by atoms with Crippen molar-refractivity contribution in [3.8, 4) is 0 Å². The molecule has 2 N–H and O–H groups in total. The summed E-state index contributed by atoms with van der Waals surface area (Å²) in [6.45, 7) is 3.82. The second-order valence-corrected chi connectivity index (χ2v) is 5.22. The maximum Gasteiger partial charge on any atom is 0.271 e. The Morgan fingerprint density at radius 2 is 2.10 bits per heavy atom. The molecule has 0 aliphatic heterocycles. The topological polar surface area (TPSA) is 76.1 Å². The Morgan fingerprint density at radius 3 is 2.76 bits per heavy atom. The van der Waals surface area contributed by atoms with Crippen LogP contribution in [0.25, 0.3) is 0 Å². The van der Waals surface area contributed by atoms with Gasteiger partial charge in [0, 0.05) is 13.1 Å². The first-order valence-corrected chi connectivity index (χ1v) is 7.77. The molecule has 1 fully saturated rings. The number of carbonyl (C=O) groups excluding carboxylic acids is 1. The number of carbonyl (C=O) groups is 1. The van der Waals surface area contributed by atoms with Crippen LogP contribution in [0.4, 0.5) is 5.82 Å². The number of hydrogen-bond donors (Lipinski definition) is 2. The van der Waals surface area contributed by atoms with Crippen LogP contribution in [0.1, 0.15) is 49.5 Å². The molecule has 0 radical (unpaired) electrons. The Morgan fingerprint density at radius 1 is 1.29 bits per heavy atom. The lowest BCUT2D eigenvalue weighted by molar-refractivity contribution is 0.0299. The zero-order valence-corrected chi connectivity index (χ0v) is 12.6. The first-order chi connectivity index (χ1) is 10.3. The molecule has 0 saturated heterocycles. The van der Waals surface area contributed by atoms with Crippen molar-refractivity contribution in [1.29, 1.82) is 0 Å². The largest absolute Gasteiger partial charge is 0.376 e. The highest BCUT2D eigenvalue weighted by atomic mass is 16.5. The van der Waals surface area contributed by atoms with E-state index in [1.54, 1.807) is 12.1 Å². The van der Waals surface area contributed by atoms with E-state index in [4.69, 9.17) is 4.74 Å². The van der Waals surface area contributed by atoms with Gasteiger partial charge >= 0.3 is 0 Å². The third-order valence-electron chi connectivity index (χ3n) is 3.55. The van der Waals surface area contributed by atoms with Gasteiger partial charge in [-0.3, -0.25) is 4.79 Å². The van der Waals surface area contributed by atoms with Crippen LogP contribution < -0.4 is 10.6 Å². The van der Waals surface area contributed by atoms with Crippen molar-refractivity contribution in [3.63, 3.8) is 0 Å². The summed E-state index contributed by atoms with van der Waals surface area (Å²) in [6, 6.07) is 3.42. The van der Waals surface area contributed by atoms with E-state index in [-0.39, 0.29) is 5.91 Å². The second-order valence-electron chi connectivity index (χ2n) is 5.22. The van der Waals surface area contributed by atoms with Gasteiger partial charge in [0.2, 0.25) is 0 Å². The summed E-state index contributed by atoms with van der Waals surface area (Å²) in [6.07, 6.45) is 6.49. The van der Waals surface area contributed by atoms with Crippen LogP contribution in [0.15, 0.2) is 12.1 Å². The number of ether oxygens (including phenoxy) is 1. The summed E-state index contributed by atoms with van der Waals surface area (Å²) in [5.74, 6) is 0.465. The minimum atomic E-state index is -0.210. The van der Waals surface area contributed by atoms with E-state index < -0.39 is 0 Å². The fourth-order valence-electron chi connectivity index (χ4n) is 2.44. The van der Waals surface area contributed by atoms with Crippen LogP contribution in [0.3, 0.4) is 0 Å². The summed E-state index contributed by atoms with van der Waals surface area (Å²) in [5.41, 5.74) is 0.328. The molecule has 1 heterocycles. The van der Waals surface area contributed by atoms with E-state index in [0.717, 1.165) is 19.4 Å². The zero-order valence-electron chi connectivity index (χ0n) is 12.6. The molecule has 1 aliphatic carbocycles. The van der Waals surface area contributed by atoms with Gasteiger partial charge in [-0.25, -0.2) is 0 Å². The molecular weight excluding hydrogens is 268 g/mol. The molecule has 1 saturated carbocycles. The van der Waals surface area contributed by atoms with Crippen LogP contribution >= 0.6 is 0 Å². The summed E-state index contributed by atoms with van der Waals surface area (Å²) < 4.78 is 5.76. The average molecular weight is 292 g/mol. The van der Waals surface area contributed by atoms with Gasteiger partial charge in [0.15, 0.2) is 5.69 Å². The Balaban J connectivity index is 1.66. The smallest absolute Gasteiger partial charge is 0.271 e. The van der Waals surface area contributed by atoms with Gasteiger partial charge in [0.25, 0.3) is 5.91 Å². The second kappa shape index (κ2) is 8.56. The molecule has 1 amide bonds. The highest BCUT2D eigenvalue weighted by Gasteiger charge is 2.13. The Hall–Kier alpha value is -1.69. The molecule has 0 aromatic carbocycles. The average Bonchev–Trinajstić information content (AvgIpc) is 2.53. The van der Waals surface area contributed by atoms with E-state index in [1.807, 2.05) is 6.92 Å². The molecule has 1 aromatic heterocycles. The standard InChI is InChI=1S/C15H24N4O2/c1-2-16-14-9-8-13(18-19-14)15(20)17-10-11-21-12-6-4-3-5-7-12/h8-9,12H,2-7,10-11H2,1H3,(H,16,19)(H,17,20). The number of rotatable bonds is 7. The molecule has 0 bridgehead atoms. The van der Waals surface area contributed by atoms with Crippen LogP contribution in [0, 0.1) is 0 Å². The lowest BCUT2D eigenvalue weighted by Crippen LogP contribution is -2.30. The number of amides is 1. The number of aromatic nitrogens is 2. The summed E-state index contributed by atoms with van der Waals surface area (Å²) in [4.78, 5) is 11.9. The Labute approximate surface area is 125 Å². The minimum Gasteiger partial charge on any atom is -0.376 e. The molecule has 6 heteroatoms. The Bertz CT molecular complexity index is 430. The van der Waals surface area contributed by atoms with Crippen molar-refractivity contribution >= 4 is 11.7 Å². The van der Waals surface area contributed by atoms with Gasteiger partial charge in [-0.15, -0.1) is 10.2 Å². The van der Waals surface area contributed by atoms with E-state index >= 15 is 0 Å². The predicted octanol–water partition coefficient (Wildman–Crippen LogP) is 1.99. The molecule has 0 atom stereocenters. The van der Waals surface area contributed by atoms with Gasteiger partial charge in [0.05, 0.1) is 12.7 Å².